The Balaban J connectivity index is 1.89. The molecule has 2 nitrogen and oxygen atoms in total. The molecule has 5 unspecified atom stereocenters. The monoisotopic (exact) mass is 234 g/mol. The standard InChI is InChI=1S/C15H26N2/c1-11-7-8-14(12(2)9-11)17-15-6-4-3-5-13(15)10-16/h11-15,17H,3-9H2,1-2H3. The van der Waals surface area contributed by atoms with Gasteiger partial charge in [-0.2, -0.15) is 5.26 Å². The SMILES string of the molecule is CC1CCC(NC2CCCCC2C#N)C(C)C1. The van der Waals surface area contributed by atoms with Gasteiger partial charge in [0.1, 0.15) is 0 Å². The zero-order chi connectivity index (χ0) is 12.3. The number of nitrogens with zero attached hydrogens (tertiary/aromatic N) is 1. The summed E-state index contributed by atoms with van der Waals surface area (Å²) in [7, 11) is 0. The minimum atomic E-state index is 0.260. The maximum atomic E-state index is 9.21. The van der Waals surface area contributed by atoms with Crippen molar-refractivity contribution in [2.75, 3.05) is 0 Å². The molecule has 5 atom stereocenters. The molecule has 0 aliphatic heterocycles. The molecule has 0 radical (unpaired) electrons. The van der Waals surface area contributed by atoms with Crippen LogP contribution in [0.5, 0.6) is 0 Å². The van der Waals surface area contributed by atoms with Crippen LogP contribution in [-0.4, -0.2) is 12.1 Å². The molecule has 2 aliphatic rings. The van der Waals surface area contributed by atoms with E-state index < -0.39 is 0 Å². The highest BCUT2D eigenvalue weighted by Crippen LogP contribution is 2.31. The second-order valence-electron chi connectivity index (χ2n) is 6.30. The lowest BCUT2D eigenvalue weighted by Crippen LogP contribution is -2.48. The second-order valence-corrected chi connectivity index (χ2v) is 6.30. The molecule has 2 saturated carbocycles. The number of hydrogen-bond acceptors (Lipinski definition) is 2. The van der Waals surface area contributed by atoms with E-state index in [0.717, 1.165) is 18.3 Å². The third kappa shape index (κ3) is 3.22. The molecular weight excluding hydrogens is 208 g/mol. The second kappa shape index (κ2) is 5.87. The van der Waals surface area contributed by atoms with Crippen LogP contribution in [0.3, 0.4) is 0 Å². The van der Waals surface area contributed by atoms with Gasteiger partial charge in [0, 0.05) is 12.1 Å². The summed E-state index contributed by atoms with van der Waals surface area (Å²) in [6.45, 7) is 4.74. The number of nitriles is 1. The number of rotatable bonds is 2. The van der Waals surface area contributed by atoms with E-state index in [9.17, 15) is 5.26 Å². The van der Waals surface area contributed by atoms with Crippen LogP contribution in [0.4, 0.5) is 0 Å². The molecule has 0 aromatic carbocycles. The van der Waals surface area contributed by atoms with Crippen molar-refractivity contribution in [3.8, 4) is 6.07 Å². The Kier molecular flexibility index (Phi) is 4.45. The van der Waals surface area contributed by atoms with Gasteiger partial charge < -0.3 is 5.32 Å². The minimum absolute atomic E-state index is 0.260. The normalized spacial score (nSPS) is 43.0. The van der Waals surface area contributed by atoms with Crippen LogP contribution in [0, 0.1) is 29.1 Å². The van der Waals surface area contributed by atoms with Gasteiger partial charge in [-0.3, -0.25) is 0 Å². The average molecular weight is 234 g/mol. The highest BCUT2D eigenvalue weighted by Gasteiger charge is 2.31. The highest BCUT2D eigenvalue weighted by molar-refractivity contribution is 4.96. The summed E-state index contributed by atoms with van der Waals surface area (Å²) in [4.78, 5) is 0. The van der Waals surface area contributed by atoms with Gasteiger partial charge in [0.2, 0.25) is 0 Å². The third-order valence-corrected chi connectivity index (χ3v) is 4.79. The summed E-state index contributed by atoms with van der Waals surface area (Å²) >= 11 is 0. The molecule has 17 heavy (non-hydrogen) atoms. The molecular formula is C15H26N2. The topological polar surface area (TPSA) is 35.8 Å². The zero-order valence-electron chi connectivity index (χ0n) is 11.3. The molecule has 0 heterocycles. The molecule has 0 saturated heterocycles. The van der Waals surface area contributed by atoms with E-state index in [0.29, 0.717) is 12.1 Å². The Bertz CT molecular complexity index is 281. The molecule has 0 amide bonds. The van der Waals surface area contributed by atoms with Gasteiger partial charge in [-0.15, -0.1) is 0 Å². The van der Waals surface area contributed by atoms with Crippen molar-refractivity contribution in [3.05, 3.63) is 0 Å². The van der Waals surface area contributed by atoms with Gasteiger partial charge in [-0.05, 0) is 43.9 Å². The Morgan fingerprint density at radius 3 is 2.47 bits per heavy atom. The van der Waals surface area contributed by atoms with Crippen LogP contribution < -0.4 is 5.32 Å². The first-order valence-corrected chi connectivity index (χ1v) is 7.36. The van der Waals surface area contributed by atoms with Gasteiger partial charge >= 0.3 is 0 Å². The molecule has 0 aromatic heterocycles. The van der Waals surface area contributed by atoms with E-state index in [1.54, 1.807) is 0 Å². The Hall–Kier alpha value is -0.550. The van der Waals surface area contributed by atoms with Gasteiger partial charge in [0.05, 0.1) is 12.0 Å². The van der Waals surface area contributed by atoms with Crippen LogP contribution in [0.15, 0.2) is 0 Å². The predicted molar refractivity (Wildman–Crippen MR) is 70.5 cm³/mol. The molecule has 1 N–H and O–H groups in total. The van der Waals surface area contributed by atoms with E-state index >= 15 is 0 Å². The molecule has 96 valence electrons. The van der Waals surface area contributed by atoms with Crippen LogP contribution in [-0.2, 0) is 0 Å². The summed E-state index contributed by atoms with van der Waals surface area (Å²) in [5.41, 5.74) is 0. The third-order valence-electron chi connectivity index (χ3n) is 4.79. The quantitative estimate of drug-likeness (QED) is 0.794. The fourth-order valence-electron chi connectivity index (χ4n) is 3.67. The zero-order valence-corrected chi connectivity index (χ0v) is 11.3. The Labute approximate surface area is 106 Å². The summed E-state index contributed by atoms with van der Waals surface area (Å²) in [6.07, 6.45) is 8.86. The van der Waals surface area contributed by atoms with Crippen molar-refractivity contribution < 1.29 is 0 Å². The van der Waals surface area contributed by atoms with Crippen molar-refractivity contribution >= 4 is 0 Å². The number of hydrogen-bond donors (Lipinski definition) is 1. The Morgan fingerprint density at radius 1 is 1.00 bits per heavy atom. The van der Waals surface area contributed by atoms with Gasteiger partial charge in [0.15, 0.2) is 0 Å². The highest BCUT2D eigenvalue weighted by atomic mass is 15.0. The molecule has 2 rings (SSSR count). The molecule has 0 bridgehead atoms. The fraction of sp³-hybridized carbons (Fsp3) is 0.933. The summed E-state index contributed by atoms with van der Waals surface area (Å²) in [6, 6.07) is 3.63. The van der Waals surface area contributed by atoms with Crippen LogP contribution >= 0.6 is 0 Å². The minimum Gasteiger partial charge on any atom is -0.310 e. The van der Waals surface area contributed by atoms with E-state index in [1.807, 2.05) is 0 Å². The largest absolute Gasteiger partial charge is 0.310 e. The molecule has 2 fully saturated rings. The first kappa shape index (κ1) is 12.9. The summed E-state index contributed by atoms with van der Waals surface area (Å²) in [5, 5.41) is 13.0. The van der Waals surface area contributed by atoms with E-state index in [4.69, 9.17) is 0 Å². The van der Waals surface area contributed by atoms with E-state index in [1.165, 1.54) is 38.5 Å². The van der Waals surface area contributed by atoms with Crippen LogP contribution in [0.1, 0.15) is 58.8 Å². The van der Waals surface area contributed by atoms with Crippen LogP contribution in [0.25, 0.3) is 0 Å². The number of nitrogens with one attached hydrogen (secondary N) is 1. The van der Waals surface area contributed by atoms with E-state index in [2.05, 4.69) is 25.2 Å². The summed E-state index contributed by atoms with van der Waals surface area (Å²) in [5.74, 6) is 1.93. The summed E-state index contributed by atoms with van der Waals surface area (Å²) < 4.78 is 0. The molecule has 2 aliphatic carbocycles. The Morgan fingerprint density at radius 2 is 1.76 bits per heavy atom. The van der Waals surface area contributed by atoms with Gasteiger partial charge in [-0.25, -0.2) is 0 Å². The fourth-order valence-corrected chi connectivity index (χ4v) is 3.67. The van der Waals surface area contributed by atoms with Crippen molar-refractivity contribution in [1.82, 2.24) is 5.32 Å². The molecule has 0 spiro atoms. The van der Waals surface area contributed by atoms with Crippen molar-refractivity contribution in [1.29, 1.82) is 5.26 Å². The first-order chi connectivity index (χ1) is 8.20. The smallest absolute Gasteiger partial charge is 0.0672 e. The van der Waals surface area contributed by atoms with Gasteiger partial charge in [0.25, 0.3) is 0 Å². The lowest BCUT2D eigenvalue weighted by Gasteiger charge is -2.38. The lowest BCUT2D eigenvalue weighted by molar-refractivity contribution is 0.186. The lowest BCUT2D eigenvalue weighted by atomic mass is 9.78. The van der Waals surface area contributed by atoms with Crippen molar-refractivity contribution in [3.63, 3.8) is 0 Å². The predicted octanol–water partition coefficient (Wildman–Crippen LogP) is 3.48. The van der Waals surface area contributed by atoms with E-state index in [-0.39, 0.29) is 5.92 Å². The maximum absolute atomic E-state index is 9.21. The molecule has 0 aromatic rings. The van der Waals surface area contributed by atoms with Crippen molar-refractivity contribution in [2.45, 2.75) is 70.9 Å². The van der Waals surface area contributed by atoms with Gasteiger partial charge in [-0.1, -0.05) is 26.7 Å². The van der Waals surface area contributed by atoms with Crippen LogP contribution in [0.2, 0.25) is 0 Å². The average Bonchev–Trinajstić information content (AvgIpc) is 2.33. The van der Waals surface area contributed by atoms with Crippen molar-refractivity contribution in [2.24, 2.45) is 17.8 Å². The first-order valence-electron chi connectivity index (χ1n) is 7.36. The maximum Gasteiger partial charge on any atom is 0.0672 e. The molecule has 2 heteroatoms.